The van der Waals surface area contributed by atoms with Crippen LogP contribution in [0.25, 0.3) is 0 Å². The molecule has 2 amide bonds. The monoisotopic (exact) mass is 845 g/mol. The van der Waals surface area contributed by atoms with Gasteiger partial charge in [0.05, 0.1) is 0 Å². The van der Waals surface area contributed by atoms with E-state index in [2.05, 4.69) is 27.0 Å². The van der Waals surface area contributed by atoms with E-state index in [1.165, 1.54) is 53.4 Å². The van der Waals surface area contributed by atoms with Gasteiger partial charge in [-0.1, -0.05) is 96.7 Å². The predicted octanol–water partition coefficient (Wildman–Crippen LogP) is 8.86. The number of alkyl halides is 1. The Morgan fingerprint density at radius 3 is 1.87 bits per heavy atom. The smallest absolute Gasteiger partial charge is 0.410 e. The maximum Gasteiger partial charge on any atom is 0.410 e. The number of nitrogens with zero attached hydrogens (tertiary/aromatic N) is 2. The first-order chi connectivity index (χ1) is 27.8. The minimum Gasteiger partial charge on any atom is -0.458 e. The third-order valence-corrected chi connectivity index (χ3v) is 9.22. The first-order valence-electron chi connectivity index (χ1n) is 20.9. The molecule has 12 nitrogen and oxygen atoms in total. The van der Waals surface area contributed by atoms with Gasteiger partial charge in [0.2, 0.25) is 0 Å². The summed E-state index contributed by atoms with van der Waals surface area (Å²) in [7, 11) is 2.70. The Bertz CT molecular complexity index is 1600. The molecule has 0 N–H and O–H groups in total. The van der Waals surface area contributed by atoms with Crippen LogP contribution in [0.3, 0.4) is 0 Å². The predicted molar refractivity (Wildman–Crippen MR) is 232 cm³/mol. The minimum absolute atomic E-state index is 0.102. The van der Waals surface area contributed by atoms with Crippen LogP contribution in [-0.4, -0.2) is 109 Å². The highest BCUT2D eigenvalue weighted by Gasteiger charge is 2.41. The summed E-state index contributed by atoms with van der Waals surface area (Å²) in [6.45, 7) is 27.3. The van der Waals surface area contributed by atoms with Crippen LogP contribution in [0, 0.1) is 5.41 Å². The Balaban J connectivity index is 0.00000581. The Kier molecular flexibility index (Phi) is 22.0. The summed E-state index contributed by atoms with van der Waals surface area (Å²) in [5.74, 6) is -3.14. The number of amides is 2. The first-order valence-corrected chi connectivity index (χ1v) is 20.9. The van der Waals surface area contributed by atoms with E-state index in [4.69, 9.17) is 23.7 Å². The maximum atomic E-state index is 15.2. The average Bonchev–Trinajstić information content (AvgIpc) is 3.15. The molecule has 1 aliphatic rings. The van der Waals surface area contributed by atoms with Gasteiger partial charge in [0.15, 0.2) is 12.2 Å². The Morgan fingerprint density at radius 2 is 1.38 bits per heavy atom. The van der Waals surface area contributed by atoms with E-state index in [1.807, 2.05) is 45.0 Å². The van der Waals surface area contributed by atoms with Gasteiger partial charge < -0.3 is 28.6 Å². The van der Waals surface area contributed by atoms with Crippen molar-refractivity contribution >= 4 is 29.9 Å². The van der Waals surface area contributed by atoms with Gasteiger partial charge in [0, 0.05) is 40.2 Å². The van der Waals surface area contributed by atoms with E-state index in [0.29, 0.717) is 30.3 Å². The Morgan fingerprint density at radius 1 is 0.850 bits per heavy atom. The Labute approximate surface area is 358 Å². The largest absolute Gasteiger partial charge is 0.458 e. The van der Waals surface area contributed by atoms with Gasteiger partial charge in [-0.05, 0) is 88.8 Å². The fourth-order valence-corrected chi connectivity index (χ4v) is 6.11. The fourth-order valence-electron chi connectivity index (χ4n) is 6.11. The van der Waals surface area contributed by atoms with Gasteiger partial charge >= 0.3 is 24.0 Å². The van der Waals surface area contributed by atoms with Crippen LogP contribution in [0.1, 0.15) is 125 Å². The zero-order valence-corrected chi connectivity index (χ0v) is 38.6. The summed E-state index contributed by atoms with van der Waals surface area (Å²) in [5.41, 5.74) is -1.00. The fraction of sp³-hybridized carbons (Fsp3) is 0.638. The first kappa shape index (κ1) is 53.5. The van der Waals surface area contributed by atoms with Crippen LogP contribution >= 0.6 is 0 Å². The molecule has 0 aliphatic carbocycles. The number of benzene rings is 1. The van der Waals surface area contributed by atoms with Gasteiger partial charge in [-0.25, -0.2) is 23.6 Å². The van der Waals surface area contributed by atoms with Crippen molar-refractivity contribution in [3.8, 4) is 0 Å². The number of carbonyl (C=O) groups excluding carboxylic acids is 5. The van der Waals surface area contributed by atoms with Gasteiger partial charge in [-0.15, -0.1) is 0 Å². The molecule has 0 bridgehead atoms. The lowest BCUT2D eigenvalue weighted by molar-refractivity contribution is -0.174. The zero-order chi connectivity index (χ0) is 46.0. The topological polar surface area (TPSA) is 138 Å². The molecule has 1 saturated heterocycles. The molecule has 0 saturated carbocycles. The quantitative estimate of drug-likeness (QED) is 0.0801. The number of likely N-dealkylation sites (N-methyl/N-ethyl adjacent to an activating group) is 2. The molecule has 1 aromatic rings. The maximum absolute atomic E-state index is 15.2. The summed E-state index contributed by atoms with van der Waals surface area (Å²) in [6.07, 6.45) is 3.49. The van der Waals surface area contributed by atoms with Crippen molar-refractivity contribution in [3.63, 3.8) is 0 Å². The molecule has 0 spiro atoms. The normalized spacial score (nSPS) is 15.7. The van der Waals surface area contributed by atoms with Crippen LogP contribution in [0.4, 0.5) is 9.18 Å². The van der Waals surface area contributed by atoms with Gasteiger partial charge in [-0.3, -0.25) is 9.69 Å². The molecule has 4 unspecified atom stereocenters. The third-order valence-electron chi connectivity index (χ3n) is 9.22. The van der Waals surface area contributed by atoms with E-state index < -0.39 is 77.3 Å². The summed E-state index contributed by atoms with van der Waals surface area (Å²) >= 11 is 0. The van der Waals surface area contributed by atoms with Crippen LogP contribution in [-0.2, 0) is 49.3 Å². The lowest BCUT2D eigenvalue weighted by Gasteiger charge is -2.35. The van der Waals surface area contributed by atoms with Crippen LogP contribution in [0.15, 0.2) is 61.2 Å². The van der Waals surface area contributed by atoms with Crippen molar-refractivity contribution in [2.24, 2.45) is 5.41 Å². The standard InChI is InChI=1S/C44H65FN2O10.C3H8/c1-14-16-30(15-2)28-54-38(49)29(3)55-39(50)34(26-42(4,5)6)46(12)37(48)36(25-31-17-19-32(20-18-31)33-21-23-53-24-22-33)56-40(51)35(27-44(10,11)45)47(13)41(52)57-43(7,8)9;1-3-2/h14-20,29,33-36H,1-2,21-28H2,3-13H3;3H2,1-2H3/b30-16+;. The molecule has 13 heteroatoms. The summed E-state index contributed by atoms with van der Waals surface area (Å²) in [4.78, 5) is 70.5. The van der Waals surface area contributed by atoms with E-state index in [1.54, 1.807) is 26.8 Å². The van der Waals surface area contributed by atoms with Crippen LogP contribution in [0.2, 0.25) is 0 Å². The number of esters is 3. The van der Waals surface area contributed by atoms with Gasteiger partial charge in [0.25, 0.3) is 5.91 Å². The highest BCUT2D eigenvalue weighted by Crippen LogP contribution is 2.29. The molecule has 2 rings (SSSR count). The summed E-state index contributed by atoms with van der Waals surface area (Å²) in [6, 6.07) is 4.94. The number of allylic oxidation sites excluding steroid dienone is 2. The Hall–Kier alpha value is -4.52. The van der Waals surface area contributed by atoms with Crippen molar-refractivity contribution in [2.75, 3.05) is 33.9 Å². The summed E-state index contributed by atoms with van der Waals surface area (Å²) < 4.78 is 43.0. The lowest BCUT2D eigenvalue weighted by Crippen LogP contribution is -2.53. The van der Waals surface area contributed by atoms with E-state index in [0.717, 1.165) is 28.2 Å². The molecular weight excluding hydrogens is 772 g/mol. The number of hydrogen-bond donors (Lipinski definition) is 0. The zero-order valence-electron chi connectivity index (χ0n) is 38.6. The van der Waals surface area contributed by atoms with Crippen molar-refractivity contribution in [1.82, 2.24) is 9.80 Å². The minimum atomic E-state index is -1.93. The molecular formula is C47H73FN2O10. The molecule has 0 aromatic heterocycles. The molecule has 4 atom stereocenters. The van der Waals surface area contributed by atoms with E-state index in [9.17, 15) is 24.0 Å². The van der Waals surface area contributed by atoms with E-state index in [-0.39, 0.29) is 19.4 Å². The number of carbonyl (C=O) groups is 5. The van der Waals surface area contributed by atoms with Crippen LogP contribution < -0.4 is 0 Å². The van der Waals surface area contributed by atoms with Crippen molar-refractivity contribution in [3.05, 3.63) is 72.4 Å². The summed E-state index contributed by atoms with van der Waals surface area (Å²) in [5, 5.41) is 0. The third kappa shape index (κ3) is 19.7. The molecule has 1 aliphatic heterocycles. The lowest BCUT2D eigenvalue weighted by atomic mass is 9.87. The average molecular weight is 845 g/mol. The van der Waals surface area contributed by atoms with Crippen LogP contribution in [0.5, 0.6) is 0 Å². The highest BCUT2D eigenvalue weighted by molar-refractivity contribution is 5.90. The number of hydrogen-bond acceptors (Lipinski definition) is 10. The second-order valence-corrected chi connectivity index (χ2v) is 18.1. The molecule has 0 radical (unpaired) electrons. The SMILES string of the molecule is C=C/C=C(\C=C)COC(=O)C(C)OC(=O)C(CC(C)(C)C)N(C)C(=O)C(Cc1ccc(C2CCOCC2)cc1)OC(=O)C(CC(C)(C)F)N(C)C(=O)OC(C)(C)C.CCC. The molecule has 1 aromatic carbocycles. The molecule has 338 valence electrons. The second-order valence-electron chi connectivity index (χ2n) is 18.1. The molecule has 60 heavy (non-hydrogen) atoms. The van der Waals surface area contributed by atoms with Gasteiger partial charge in [-0.2, -0.15) is 0 Å². The van der Waals surface area contributed by atoms with Crippen molar-refractivity contribution < 1.29 is 52.0 Å². The molecule has 1 heterocycles. The number of rotatable bonds is 18. The van der Waals surface area contributed by atoms with E-state index >= 15 is 4.39 Å². The van der Waals surface area contributed by atoms with Crippen molar-refractivity contribution in [1.29, 1.82) is 0 Å². The van der Waals surface area contributed by atoms with Gasteiger partial charge in [0.1, 0.15) is 30.0 Å². The second kappa shape index (κ2) is 24.7. The number of halogens is 1. The van der Waals surface area contributed by atoms with Crippen molar-refractivity contribution in [2.45, 2.75) is 156 Å². The highest BCUT2D eigenvalue weighted by atomic mass is 19.1. The molecule has 1 fully saturated rings. The number of ether oxygens (including phenoxy) is 5.